The van der Waals surface area contributed by atoms with Crippen molar-refractivity contribution in [2.24, 2.45) is 5.92 Å². The summed E-state index contributed by atoms with van der Waals surface area (Å²) in [4.78, 5) is 45.5. The molecule has 44 heavy (non-hydrogen) atoms. The highest BCUT2D eigenvalue weighted by molar-refractivity contribution is 5.92. The fraction of sp³-hybridized carbons (Fsp3) is 0.364. The van der Waals surface area contributed by atoms with Crippen LogP contribution >= 0.6 is 0 Å². The van der Waals surface area contributed by atoms with Crippen LogP contribution in [-0.4, -0.2) is 70.1 Å². The molecule has 0 radical (unpaired) electrons. The minimum Gasteiger partial charge on any atom is -0.377 e. The fourth-order valence-corrected chi connectivity index (χ4v) is 5.87. The first kappa shape index (κ1) is 30.8. The first-order valence-corrected chi connectivity index (χ1v) is 14.6. The van der Waals surface area contributed by atoms with Crippen LogP contribution < -0.4 is 15.5 Å². The molecule has 3 aromatic heterocycles. The number of aryl methyl sites for hydroxylation is 1. The van der Waals surface area contributed by atoms with Crippen molar-refractivity contribution in [2.75, 3.05) is 43.5 Å². The predicted octanol–water partition coefficient (Wildman–Crippen LogP) is 4.92. The van der Waals surface area contributed by atoms with Crippen LogP contribution in [0.5, 0.6) is 0 Å². The highest BCUT2D eigenvalue weighted by Gasteiger charge is 2.31. The van der Waals surface area contributed by atoms with Gasteiger partial charge in [-0.25, -0.2) is 23.1 Å². The molecule has 9 nitrogen and oxygen atoms in total. The molecule has 0 bridgehead atoms. The molecule has 0 spiro atoms. The Morgan fingerprint density at radius 2 is 1.91 bits per heavy atom. The van der Waals surface area contributed by atoms with Gasteiger partial charge in [-0.3, -0.25) is 9.78 Å². The Bertz CT molecular complexity index is 1820. The predicted molar refractivity (Wildman–Crippen MR) is 169 cm³/mol. The molecule has 4 heterocycles. The summed E-state index contributed by atoms with van der Waals surface area (Å²) < 4.78 is 33.0. The topological polar surface area (TPSA) is 87.5 Å². The zero-order valence-electron chi connectivity index (χ0n) is 25.9. The number of fused-ring (bicyclic) bond motifs is 1. The van der Waals surface area contributed by atoms with Gasteiger partial charge in [-0.2, -0.15) is 4.98 Å². The van der Waals surface area contributed by atoms with E-state index in [1.165, 1.54) is 22.8 Å². The maximum Gasteiger partial charge on any atom is 0.355 e. The van der Waals surface area contributed by atoms with Crippen LogP contribution in [0.15, 0.2) is 54.0 Å². The van der Waals surface area contributed by atoms with Crippen molar-refractivity contribution in [3.8, 4) is 16.9 Å². The van der Waals surface area contributed by atoms with Gasteiger partial charge in [0, 0.05) is 51.7 Å². The summed E-state index contributed by atoms with van der Waals surface area (Å²) in [7, 11) is 3.48. The first-order valence-electron chi connectivity index (χ1n) is 14.6. The highest BCUT2D eigenvalue weighted by atomic mass is 19.1. The molecule has 1 fully saturated rings. The van der Waals surface area contributed by atoms with E-state index in [0.29, 0.717) is 48.5 Å². The molecule has 1 atom stereocenters. The number of hydrogen-bond acceptors (Lipinski definition) is 7. The Kier molecular flexibility index (Phi) is 8.49. The lowest BCUT2D eigenvalue weighted by atomic mass is 10.0. The van der Waals surface area contributed by atoms with Gasteiger partial charge in [-0.05, 0) is 62.1 Å². The number of rotatable bonds is 7. The summed E-state index contributed by atoms with van der Waals surface area (Å²) in [5.41, 5.74) is 1.71. The first-order chi connectivity index (χ1) is 20.9. The van der Waals surface area contributed by atoms with Crippen LogP contribution in [0.1, 0.15) is 32.0 Å². The van der Waals surface area contributed by atoms with E-state index < -0.39 is 17.3 Å². The van der Waals surface area contributed by atoms with Gasteiger partial charge in [-0.15, -0.1) is 0 Å². The van der Waals surface area contributed by atoms with E-state index in [4.69, 9.17) is 4.98 Å². The third-order valence-corrected chi connectivity index (χ3v) is 7.92. The maximum atomic E-state index is 16.2. The smallest absolute Gasteiger partial charge is 0.355 e. The second-order valence-corrected chi connectivity index (χ2v) is 11.8. The number of carbonyl (C=O) groups excluding carboxylic acids is 1. The van der Waals surface area contributed by atoms with Gasteiger partial charge < -0.3 is 14.7 Å². The zero-order chi connectivity index (χ0) is 31.9. The van der Waals surface area contributed by atoms with E-state index in [-0.39, 0.29) is 40.6 Å². The molecule has 1 amide bonds. The van der Waals surface area contributed by atoms with E-state index >= 15 is 8.78 Å². The molecule has 4 aromatic rings. The molecule has 1 aliphatic rings. The molecule has 0 aliphatic carbocycles. The second-order valence-electron chi connectivity index (χ2n) is 11.8. The van der Waals surface area contributed by atoms with Crippen molar-refractivity contribution >= 4 is 28.4 Å². The summed E-state index contributed by atoms with van der Waals surface area (Å²) in [5, 5.41) is 0.294. The molecule has 1 saturated heterocycles. The van der Waals surface area contributed by atoms with Gasteiger partial charge in [0.2, 0.25) is 5.91 Å². The quantitative estimate of drug-likeness (QED) is 0.278. The highest BCUT2D eigenvalue weighted by Crippen LogP contribution is 2.37. The number of aromatic nitrogens is 4. The zero-order valence-corrected chi connectivity index (χ0v) is 25.9. The molecule has 0 N–H and O–H groups in total. The van der Waals surface area contributed by atoms with Crippen LogP contribution in [-0.2, 0) is 11.2 Å². The average Bonchev–Trinajstić information content (AvgIpc) is 2.97. The molecule has 230 valence electrons. The minimum atomic E-state index is -0.752. The molecule has 1 aromatic carbocycles. The van der Waals surface area contributed by atoms with E-state index in [1.807, 2.05) is 18.7 Å². The number of benzene rings is 1. The van der Waals surface area contributed by atoms with E-state index in [0.717, 1.165) is 5.56 Å². The van der Waals surface area contributed by atoms with Crippen molar-refractivity contribution in [1.82, 2.24) is 24.4 Å². The van der Waals surface area contributed by atoms with Gasteiger partial charge in [0.25, 0.3) is 0 Å². The number of hydrogen-bond donors (Lipinski definition) is 0. The Balaban J connectivity index is 1.84. The fourth-order valence-electron chi connectivity index (χ4n) is 5.87. The van der Waals surface area contributed by atoms with Gasteiger partial charge in [0.1, 0.15) is 17.3 Å². The second kappa shape index (κ2) is 12.1. The van der Waals surface area contributed by atoms with E-state index in [9.17, 15) is 9.59 Å². The normalized spacial score (nSPS) is 15.2. The minimum absolute atomic E-state index is 0.00973. The molecule has 0 saturated carbocycles. The number of nitrogens with zero attached hydrogens (tertiary/aromatic N) is 7. The molecule has 0 unspecified atom stereocenters. The molecule has 1 aliphatic heterocycles. The monoisotopic (exact) mass is 601 g/mol. The van der Waals surface area contributed by atoms with E-state index in [2.05, 4.69) is 30.4 Å². The Morgan fingerprint density at radius 3 is 2.57 bits per heavy atom. The summed E-state index contributed by atoms with van der Waals surface area (Å²) in [6.45, 7) is 12.6. The van der Waals surface area contributed by atoms with Gasteiger partial charge in [0.15, 0.2) is 11.5 Å². The van der Waals surface area contributed by atoms with Crippen molar-refractivity contribution < 1.29 is 13.6 Å². The van der Waals surface area contributed by atoms with Gasteiger partial charge in [-0.1, -0.05) is 26.5 Å². The summed E-state index contributed by atoms with van der Waals surface area (Å²) in [6, 6.07) is 7.34. The maximum absolute atomic E-state index is 16.2. The van der Waals surface area contributed by atoms with Crippen LogP contribution in [0.3, 0.4) is 0 Å². The van der Waals surface area contributed by atoms with Crippen LogP contribution in [0.4, 0.5) is 20.3 Å². The van der Waals surface area contributed by atoms with E-state index in [1.54, 1.807) is 48.3 Å². The molecular formula is C33H37F2N7O2. The third-order valence-electron chi connectivity index (χ3n) is 7.92. The summed E-state index contributed by atoms with van der Waals surface area (Å²) in [5.74, 6) is -1.09. The van der Waals surface area contributed by atoms with Gasteiger partial charge in [0.05, 0.1) is 22.3 Å². The summed E-state index contributed by atoms with van der Waals surface area (Å²) >= 11 is 0. The third kappa shape index (κ3) is 5.54. The summed E-state index contributed by atoms with van der Waals surface area (Å²) in [6.07, 6.45) is 3.54. The lowest BCUT2D eigenvalue weighted by Crippen LogP contribution is -2.54. The number of carbonyl (C=O) groups is 1. The lowest BCUT2D eigenvalue weighted by molar-refractivity contribution is -0.126. The van der Waals surface area contributed by atoms with Crippen molar-refractivity contribution in [3.63, 3.8) is 0 Å². The van der Waals surface area contributed by atoms with Crippen molar-refractivity contribution in [1.29, 1.82) is 0 Å². The SMILES string of the molecule is C=CC(=O)N1CCN(c2nc(=O)n(-c3c(C)ccnc3CC(C)C)c3nc(-c4c(F)cccc4N(C)C)c(F)cc23)[C@@H](C)C1. The number of amides is 1. The van der Waals surface area contributed by atoms with Crippen LogP contribution in [0.25, 0.3) is 28.0 Å². The van der Waals surface area contributed by atoms with Crippen LogP contribution in [0.2, 0.25) is 0 Å². The average molecular weight is 602 g/mol. The number of piperazine rings is 1. The van der Waals surface area contributed by atoms with Gasteiger partial charge >= 0.3 is 5.69 Å². The molecular weight excluding hydrogens is 564 g/mol. The Hall–Kier alpha value is -4.67. The van der Waals surface area contributed by atoms with Crippen molar-refractivity contribution in [3.05, 3.63) is 82.6 Å². The molecule has 5 rings (SSSR count). The number of pyridine rings is 2. The number of anilines is 2. The largest absolute Gasteiger partial charge is 0.377 e. The molecule has 11 heteroatoms. The van der Waals surface area contributed by atoms with Crippen molar-refractivity contribution in [2.45, 2.75) is 40.2 Å². The Labute approximate surface area is 255 Å². The number of halogens is 2. The lowest BCUT2D eigenvalue weighted by Gasteiger charge is -2.40. The van der Waals surface area contributed by atoms with Crippen LogP contribution in [0, 0.1) is 24.5 Å². The Morgan fingerprint density at radius 1 is 1.16 bits per heavy atom. The standard InChI is InChI=1S/C33H37F2N7O2/c1-8-27(43)40-14-15-41(21(5)18-40)31-22-17-24(35)29(28-23(34)10-9-11-26(28)39(6)7)37-32(22)42(33(44)38-31)30-20(4)12-13-36-25(30)16-19(2)3/h8-13,17,19,21H,1,14-16,18H2,2-7H3/t21-/m0/s1.